The van der Waals surface area contributed by atoms with Gasteiger partial charge in [-0.15, -0.1) is 0 Å². The number of rotatable bonds is 4. The lowest BCUT2D eigenvalue weighted by Gasteiger charge is -2.20. The Hall–Kier alpha value is -3.04. The van der Waals surface area contributed by atoms with Gasteiger partial charge >= 0.3 is 6.03 Å². The summed E-state index contributed by atoms with van der Waals surface area (Å²) >= 11 is 0. The number of carbonyl (C=O) groups is 1. The van der Waals surface area contributed by atoms with Gasteiger partial charge < -0.3 is 20.1 Å². The highest BCUT2D eigenvalue weighted by Crippen LogP contribution is 2.34. The fourth-order valence-electron chi connectivity index (χ4n) is 3.51. The Bertz CT molecular complexity index is 844. The van der Waals surface area contributed by atoms with E-state index in [0.29, 0.717) is 28.9 Å². The van der Waals surface area contributed by atoms with Crippen LogP contribution in [0.4, 0.5) is 10.5 Å². The highest BCUT2D eigenvalue weighted by atomic mass is 16.5. The molecule has 2 amide bonds. The van der Waals surface area contributed by atoms with Crippen molar-refractivity contribution in [3.8, 4) is 17.6 Å². The van der Waals surface area contributed by atoms with Crippen LogP contribution in [-0.4, -0.2) is 24.3 Å². The number of hydrogen-bond acceptors (Lipinski definition) is 4. The summed E-state index contributed by atoms with van der Waals surface area (Å²) in [6.45, 7) is 0. The number of fused-ring (bicyclic) bond motifs is 2. The van der Waals surface area contributed by atoms with Gasteiger partial charge in [0.05, 0.1) is 23.8 Å². The molecule has 0 aliphatic carbocycles. The molecule has 2 aromatic rings. The minimum atomic E-state index is -0.227. The third-order valence-corrected chi connectivity index (χ3v) is 4.77. The first-order valence-corrected chi connectivity index (χ1v) is 8.71. The van der Waals surface area contributed by atoms with E-state index in [1.807, 2.05) is 6.07 Å². The fourth-order valence-corrected chi connectivity index (χ4v) is 3.51. The second-order valence-corrected chi connectivity index (χ2v) is 6.55. The summed E-state index contributed by atoms with van der Waals surface area (Å²) < 4.78 is 11.5. The fraction of sp³-hybridized carbons (Fsp3) is 0.300. The zero-order valence-electron chi connectivity index (χ0n) is 14.1. The lowest BCUT2D eigenvalue weighted by molar-refractivity contribution is 0.0984. The Morgan fingerprint density at radius 3 is 2.65 bits per heavy atom. The highest BCUT2D eigenvalue weighted by molar-refractivity contribution is 5.89. The van der Waals surface area contributed by atoms with Crippen molar-refractivity contribution in [1.82, 2.24) is 5.32 Å². The Kier molecular flexibility index (Phi) is 4.46. The Morgan fingerprint density at radius 1 is 1.15 bits per heavy atom. The topological polar surface area (TPSA) is 83.4 Å². The Morgan fingerprint density at radius 2 is 1.96 bits per heavy atom. The molecule has 4 rings (SSSR count). The van der Waals surface area contributed by atoms with E-state index in [0.717, 1.165) is 19.3 Å². The molecule has 3 unspecified atom stereocenters. The second-order valence-electron chi connectivity index (χ2n) is 6.55. The summed E-state index contributed by atoms with van der Waals surface area (Å²) in [6, 6.07) is 16.1. The molecule has 26 heavy (non-hydrogen) atoms. The minimum absolute atomic E-state index is 0.0961. The van der Waals surface area contributed by atoms with Gasteiger partial charge in [0.1, 0.15) is 17.6 Å². The van der Waals surface area contributed by atoms with E-state index >= 15 is 0 Å². The molecule has 0 aromatic heterocycles. The number of nitriles is 1. The molecule has 2 aromatic carbocycles. The number of hydrogen-bond donors (Lipinski definition) is 2. The molecule has 132 valence electrons. The van der Waals surface area contributed by atoms with Crippen LogP contribution in [0.25, 0.3) is 0 Å². The molecule has 0 radical (unpaired) electrons. The minimum Gasteiger partial charge on any atom is -0.456 e. The zero-order chi connectivity index (χ0) is 17.9. The molecule has 0 spiro atoms. The standard InChI is InChI=1S/C20H19N3O3/c21-12-13-3-1-2-4-18(13)25-15-7-5-14(6-8-15)22-20(24)23-17-11-16-9-10-19(17)26-16/h1-8,16-17,19H,9-11H2,(H2,22,23,24). The van der Waals surface area contributed by atoms with Crippen molar-refractivity contribution in [2.75, 3.05) is 5.32 Å². The lowest BCUT2D eigenvalue weighted by atomic mass is 9.96. The normalized spacial score (nSPS) is 23.3. The summed E-state index contributed by atoms with van der Waals surface area (Å²) in [6.07, 6.45) is 3.47. The molecule has 2 saturated heterocycles. The molecule has 2 aliphatic rings. The largest absolute Gasteiger partial charge is 0.456 e. The molecule has 2 aliphatic heterocycles. The van der Waals surface area contributed by atoms with E-state index in [2.05, 4.69) is 16.7 Å². The highest BCUT2D eigenvalue weighted by Gasteiger charge is 2.41. The predicted molar refractivity (Wildman–Crippen MR) is 96.1 cm³/mol. The first kappa shape index (κ1) is 16.4. The quantitative estimate of drug-likeness (QED) is 0.879. The lowest BCUT2D eigenvalue weighted by Crippen LogP contribution is -2.43. The van der Waals surface area contributed by atoms with Gasteiger partial charge in [0.15, 0.2) is 0 Å². The number of para-hydroxylation sites is 1. The third-order valence-electron chi connectivity index (χ3n) is 4.77. The third kappa shape index (κ3) is 3.48. The van der Waals surface area contributed by atoms with Gasteiger partial charge in [-0.2, -0.15) is 5.26 Å². The van der Waals surface area contributed by atoms with E-state index in [9.17, 15) is 4.79 Å². The van der Waals surface area contributed by atoms with Crippen LogP contribution < -0.4 is 15.4 Å². The van der Waals surface area contributed by atoms with Crippen LogP contribution in [0.15, 0.2) is 48.5 Å². The van der Waals surface area contributed by atoms with E-state index in [1.54, 1.807) is 42.5 Å². The molecule has 2 heterocycles. The molecule has 2 N–H and O–H groups in total. The van der Waals surface area contributed by atoms with Gasteiger partial charge in [0.25, 0.3) is 0 Å². The number of urea groups is 1. The molecule has 0 saturated carbocycles. The maximum Gasteiger partial charge on any atom is 0.319 e. The van der Waals surface area contributed by atoms with Crippen molar-refractivity contribution in [3.05, 3.63) is 54.1 Å². The number of nitrogens with one attached hydrogen (secondary N) is 2. The number of benzene rings is 2. The smallest absolute Gasteiger partial charge is 0.319 e. The van der Waals surface area contributed by atoms with Gasteiger partial charge in [-0.05, 0) is 55.7 Å². The van der Waals surface area contributed by atoms with Crippen LogP contribution in [0, 0.1) is 11.3 Å². The molecule has 3 atom stereocenters. The number of nitrogens with zero attached hydrogens (tertiary/aromatic N) is 1. The molecule has 2 bridgehead atoms. The van der Waals surface area contributed by atoms with Gasteiger partial charge in [0, 0.05) is 5.69 Å². The van der Waals surface area contributed by atoms with Crippen molar-refractivity contribution < 1.29 is 14.3 Å². The van der Waals surface area contributed by atoms with E-state index in [1.165, 1.54) is 0 Å². The van der Waals surface area contributed by atoms with E-state index in [-0.39, 0.29) is 18.2 Å². The number of carbonyl (C=O) groups excluding carboxylic acids is 1. The van der Waals surface area contributed by atoms with Crippen molar-refractivity contribution in [2.45, 2.75) is 37.5 Å². The van der Waals surface area contributed by atoms with Crippen molar-refractivity contribution in [2.24, 2.45) is 0 Å². The van der Waals surface area contributed by atoms with Crippen molar-refractivity contribution >= 4 is 11.7 Å². The number of ether oxygens (including phenoxy) is 2. The monoisotopic (exact) mass is 349 g/mol. The van der Waals surface area contributed by atoms with Gasteiger partial charge in [-0.25, -0.2) is 4.79 Å². The molecule has 6 nitrogen and oxygen atoms in total. The Labute approximate surface area is 151 Å². The average Bonchev–Trinajstić information content (AvgIpc) is 3.27. The summed E-state index contributed by atoms with van der Waals surface area (Å²) in [5.41, 5.74) is 1.15. The summed E-state index contributed by atoms with van der Waals surface area (Å²) in [5, 5.41) is 14.9. The summed E-state index contributed by atoms with van der Waals surface area (Å²) in [4.78, 5) is 12.2. The maximum atomic E-state index is 12.2. The van der Waals surface area contributed by atoms with Crippen LogP contribution in [-0.2, 0) is 4.74 Å². The second kappa shape index (κ2) is 7.06. The average molecular weight is 349 g/mol. The molecule has 6 heteroatoms. The van der Waals surface area contributed by atoms with Crippen molar-refractivity contribution in [3.63, 3.8) is 0 Å². The SMILES string of the molecule is N#Cc1ccccc1Oc1ccc(NC(=O)NC2CC3CCC2O3)cc1. The molecule has 2 fully saturated rings. The Balaban J connectivity index is 1.34. The maximum absolute atomic E-state index is 12.2. The zero-order valence-corrected chi connectivity index (χ0v) is 14.1. The van der Waals surface area contributed by atoms with E-state index < -0.39 is 0 Å². The first-order valence-electron chi connectivity index (χ1n) is 8.71. The summed E-state index contributed by atoms with van der Waals surface area (Å²) in [7, 11) is 0. The van der Waals surface area contributed by atoms with Crippen LogP contribution in [0.1, 0.15) is 24.8 Å². The number of amides is 2. The van der Waals surface area contributed by atoms with Crippen LogP contribution in [0.2, 0.25) is 0 Å². The predicted octanol–water partition coefficient (Wildman–Crippen LogP) is 3.79. The van der Waals surface area contributed by atoms with Gasteiger partial charge in [0.2, 0.25) is 0 Å². The van der Waals surface area contributed by atoms with Crippen molar-refractivity contribution in [1.29, 1.82) is 5.26 Å². The van der Waals surface area contributed by atoms with E-state index in [4.69, 9.17) is 14.7 Å². The summed E-state index contributed by atoms with van der Waals surface area (Å²) in [5.74, 6) is 1.10. The molecular formula is C20H19N3O3. The molecular weight excluding hydrogens is 330 g/mol. The van der Waals surface area contributed by atoms with Gasteiger partial charge in [-0.1, -0.05) is 12.1 Å². The first-order chi connectivity index (χ1) is 12.7. The van der Waals surface area contributed by atoms with Crippen LogP contribution >= 0.6 is 0 Å². The van der Waals surface area contributed by atoms with Gasteiger partial charge in [-0.3, -0.25) is 0 Å². The van der Waals surface area contributed by atoms with Crippen LogP contribution in [0.3, 0.4) is 0 Å². The number of anilines is 1. The van der Waals surface area contributed by atoms with Crippen LogP contribution in [0.5, 0.6) is 11.5 Å².